The number of carbonyl (C=O) groups is 1. The molecule has 0 heterocycles. The maximum Gasteiger partial charge on any atom is 0.338 e. The smallest absolute Gasteiger partial charge is 0.338 e. The van der Waals surface area contributed by atoms with Crippen molar-refractivity contribution in [3.05, 3.63) is 94.5 Å². The lowest BCUT2D eigenvalue weighted by atomic mass is 10.2. The minimum Gasteiger partial charge on any atom is -0.457 e. The molecule has 0 aromatic heterocycles. The van der Waals surface area contributed by atoms with Crippen LogP contribution in [0.25, 0.3) is 0 Å². The van der Waals surface area contributed by atoms with Crippen molar-refractivity contribution in [2.75, 3.05) is 0 Å². The number of para-hydroxylation sites is 1. The van der Waals surface area contributed by atoms with Crippen LogP contribution in [0.15, 0.2) is 83.3 Å². The predicted octanol–water partition coefficient (Wildman–Crippen LogP) is 5.60. The first-order chi connectivity index (χ1) is 11.7. The molecule has 0 atom stereocenters. The van der Waals surface area contributed by atoms with E-state index < -0.39 is 0 Å². The summed E-state index contributed by atoms with van der Waals surface area (Å²) in [4.78, 5) is 12.0. The number of halogens is 1. The van der Waals surface area contributed by atoms with Crippen LogP contribution in [0.3, 0.4) is 0 Å². The number of ether oxygens (including phenoxy) is 2. The Kier molecular flexibility index (Phi) is 5.29. The van der Waals surface area contributed by atoms with Gasteiger partial charge in [-0.05, 0) is 54.1 Å². The van der Waals surface area contributed by atoms with Gasteiger partial charge in [-0.2, -0.15) is 0 Å². The monoisotopic (exact) mass is 382 g/mol. The highest BCUT2D eigenvalue weighted by atomic mass is 79.9. The van der Waals surface area contributed by atoms with Crippen molar-refractivity contribution >= 4 is 21.9 Å². The first-order valence-corrected chi connectivity index (χ1v) is 8.24. The lowest BCUT2D eigenvalue weighted by Gasteiger charge is -2.08. The highest BCUT2D eigenvalue weighted by molar-refractivity contribution is 9.10. The number of hydrogen-bond donors (Lipinski definition) is 0. The molecule has 0 saturated carbocycles. The van der Waals surface area contributed by atoms with Gasteiger partial charge in [-0.15, -0.1) is 0 Å². The van der Waals surface area contributed by atoms with Crippen molar-refractivity contribution in [2.24, 2.45) is 0 Å². The van der Waals surface area contributed by atoms with Crippen LogP contribution in [-0.2, 0) is 11.3 Å². The number of rotatable bonds is 5. The molecule has 3 rings (SSSR count). The summed E-state index contributed by atoms with van der Waals surface area (Å²) in [7, 11) is 0. The van der Waals surface area contributed by atoms with Gasteiger partial charge in [0.25, 0.3) is 0 Å². The van der Waals surface area contributed by atoms with Crippen LogP contribution in [0.1, 0.15) is 15.9 Å². The molecule has 24 heavy (non-hydrogen) atoms. The van der Waals surface area contributed by atoms with Crippen molar-refractivity contribution in [2.45, 2.75) is 6.61 Å². The third-order valence-corrected chi connectivity index (χ3v) is 3.86. The highest BCUT2D eigenvalue weighted by Crippen LogP contribution is 2.22. The molecule has 0 fully saturated rings. The van der Waals surface area contributed by atoms with Crippen molar-refractivity contribution in [1.82, 2.24) is 0 Å². The number of carbonyl (C=O) groups excluding carboxylic acids is 1. The topological polar surface area (TPSA) is 35.5 Å². The van der Waals surface area contributed by atoms with Gasteiger partial charge in [-0.25, -0.2) is 4.79 Å². The Bertz CT molecular complexity index is 814. The maximum atomic E-state index is 12.0. The third-order valence-electron chi connectivity index (χ3n) is 3.33. The van der Waals surface area contributed by atoms with E-state index in [1.54, 1.807) is 12.1 Å². The largest absolute Gasteiger partial charge is 0.457 e. The fourth-order valence-corrected chi connectivity index (χ4v) is 2.41. The van der Waals surface area contributed by atoms with Crippen molar-refractivity contribution in [3.63, 3.8) is 0 Å². The average molecular weight is 383 g/mol. The standard InChI is InChI=1S/C20H15BrO3/c21-17-11-9-16(10-12-17)20(22)23-14-15-5-4-8-19(13-15)24-18-6-2-1-3-7-18/h1-13H,14H2. The number of hydrogen-bond acceptors (Lipinski definition) is 3. The summed E-state index contributed by atoms with van der Waals surface area (Å²) in [5, 5.41) is 0. The van der Waals surface area contributed by atoms with E-state index in [4.69, 9.17) is 9.47 Å². The van der Waals surface area contributed by atoms with Crippen LogP contribution in [-0.4, -0.2) is 5.97 Å². The van der Waals surface area contributed by atoms with Gasteiger partial charge in [-0.3, -0.25) is 0 Å². The summed E-state index contributed by atoms with van der Waals surface area (Å²) in [5.41, 5.74) is 1.39. The molecule has 4 heteroatoms. The first kappa shape index (κ1) is 16.3. The molecule has 0 saturated heterocycles. The summed E-state index contributed by atoms with van der Waals surface area (Å²) in [6.45, 7) is 0.195. The van der Waals surface area contributed by atoms with Gasteiger partial charge < -0.3 is 9.47 Å². The SMILES string of the molecule is O=C(OCc1cccc(Oc2ccccc2)c1)c1ccc(Br)cc1. The van der Waals surface area contributed by atoms with Crippen molar-refractivity contribution in [1.29, 1.82) is 0 Å². The molecule has 0 unspecified atom stereocenters. The van der Waals surface area contributed by atoms with Gasteiger partial charge in [0.15, 0.2) is 0 Å². The Labute approximate surface area is 149 Å². The van der Waals surface area contributed by atoms with Gasteiger partial charge in [-0.1, -0.05) is 46.3 Å². The maximum absolute atomic E-state index is 12.0. The molecule has 0 aliphatic heterocycles. The van der Waals surface area contributed by atoms with E-state index in [1.807, 2.05) is 66.7 Å². The molecule has 0 aliphatic rings. The lowest BCUT2D eigenvalue weighted by Crippen LogP contribution is -2.05. The lowest BCUT2D eigenvalue weighted by molar-refractivity contribution is 0.0472. The Hall–Kier alpha value is -2.59. The summed E-state index contributed by atoms with van der Waals surface area (Å²) in [6.07, 6.45) is 0. The normalized spacial score (nSPS) is 10.2. The minimum absolute atomic E-state index is 0.195. The minimum atomic E-state index is -0.350. The number of benzene rings is 3. The molecule has 120 valence electrons. The van der Waals surface area contributed by atoms with Crippen LogP contribution in [0.5, 0.6) is 11.5 Å². The molecule has 0 radical (unpaired) electrons. The van der Waals surface area contributed by atoms with Gasteiger partial charge >= 0.3 is 5.97 Å². The Balaban J connectivity index is 1.62. The Morgan fingerprint density at radius 3 is 2.29 bits per heavy atom. The molecule has 0 spiro atoms. The molecular weight excluding hydrogens is 368 g/mol. The van der Waals surface area contributed by atoms with Crippen molar-refractivity contribution < 1.29 is 14.3 Å². The molecule has 0 amide bonds. The quantitative estimate of drug-likeness (QED) is 0.538. The molecular formula is C20H15BrO3. The predicted molar refractivity (Wildman–Crippen MR) is 96.2 cm³/mol. The molecule has 3 aromatic rings. The van der Waals surface area contributed by atoms with Gasteiger partial charge in [0.1, 0.15) is 18.1 Å². The van der Waals surface area contributed by atoms with Crippen LogP contribution in [0.4, 0.5) is 0 Å². The summed E-state index contributed by atoms with van der Waals surface area (Å²) in [6, 6.07) is 24.1. The fourth-order valence-electron chi connectivity index (χ4n) is 2.14. The van der Waals surface area contributed by atoms with Crippen LogP contribution >= 0.6 is 15.9 Å². The zero-order valence-electron chi connectivity index (χ0n) is 12.8. The Morgan fingerprint density at radius 1 is 0.833 bits per heavy atom. The fraction of sp³-hybridized carbons (Fsp3) is 0.0500. The van der Waals surface area contributed by atoms with Crippen LogP contribution in [0, 0.1) is 0 Å². The van der Waals surface area contributed by atoms with Crippen LogP contribution in [0.2, 0.25) is 0 Å². The van der Waals surface area contributed by atoms with Gasteiger partial charge in [0.05, 0.1) is 5.56 Å². The van der Waals surface area contributed by atoms with E-state index in [9.17, 15) is 4.79 Å². The molecule has 3 aromatic carbocycles. The second-order valence-corrected chi connectivity index (χ2v) is 6.06. The molecule has 3 nitrogen and oxygen atoms in total. The summed E-state index contributed by atoms with van der Waals surface area (Å²) in [5.74, 6) is 1.12. The van der Waals surface area contributed by atoms with E-state index in [0.717, 1.165) is 15.8 Å². The molecule has 0 aliphatic carbocycles. The highest BCUT2D eigenvalue weighted by Gasteiger charge is 2.07. The molecule has 0 N–H and O–H groups in total. The van der Waals surface area contributed by atoms with E-state index in [-0.39, 0.29) is 12.6 Å². The first-order valence-electron chi connectivity index (χ1n) is 7.45. The van der Waals surface area contributed by atoms with E-state index in [2.05, 4.69) is 15.9 Å². The number of esters is 1. The van der Waals surface area contributed by atoms with Crippen molar-refractivity contribution in [3.8, 4) is 11.5 Å². The van der Waals surface area contributed by atoms with Gasteiger partial charge in [0, 0.05) is 4.47 Å². The van der Waals surface area contributed by atoms with E-state index in [0.29, 0.717) is 11.3 Å². The van der Waals surface area contributed by atoms with Crippen LogP contribution < -0.4 is 4.74 Å². The second-order valence-electron chi connectivity index (χ2n) is 5.15. The Morgan fingerprint density at radius 2 is 1.54 bits per heavy atom. The van der Waals surface area contributed by atoms with E-state index in [1.165, 1.54) is 0 Å². The molecule has 0 bridgehead atoms. The summed E-state index contributed by atoms with van der Waals surface area (Å²) < 4.78 is 12.0. The average Bonchev–Trinajstić information content (AvgIpc) is 2.61. The van der Waals surface area contributed by atoms with E-state index >= 15 is 0 Å². The second kappa shape index (κ2) is 7.79. The zero-order chi connectivity index (χ0) is 16.8. The summed E-state index contributed by atoms with van der Waals surface area (Å²) >= 11 is 3.34. The third kappa shape index (κ3) is 4.46. The van der Waals surface area contributed by atoms with Gasteiger partial charge in [0.2, 0.25) is 0 Å². The zero-order valence-corrected chi connectivity index (χ0v) is 14.4.